The Balaban J connectivity index is 1.08. The lowest BCUT2D eigenvalue weighted by atomic mass is 9.77. The monoisotopic (exact) mass is 419 g/mol. The van der Waals surface area contributed by atoms with E-state index < -0.39 is 0 Å². The first-order valence-corrected chi connectivity index (χ1v) is 12.4. The van der Waals surface area contributed by atoms with Crippen molar-refractivity contribution in [2.24, 2.45) is 11.3 Å². The van der Waals surface area contributed by atoms with Crippen LogP contribution in [0.2, 0.25) is 0 Å². The zero-order chi connectivity index (χ0) is 21.3. The molecule has 2 heterocycles. The molecule has 3 heteroatoms. The van der Waals surface area contributed by atoms with E-state index in [4.69, 9.17) is 9.47 Å². The van der Waals surface area contributed by atoms with Crippen molar-refractivity contribution in [1.29, 1.82) is 0 Å². The van der Waals surface area contributed by atoms with Gasteiger partial charge in [-0.3, -0.25) is 0 Å². The van der Waals surface area contributed by atoms with Crippen molar-refractivity contribution in [3.63, 3.8) is 0 Å². The lowest BCUT2D eigenvalue weighted by molar-refractivity contribution is 0.0843. The molecule has 0 N–H and O–H groups in total. The van der Waals surface area contributed by atoms with Gasteiger partial charge in [0, 0.05) is 24.5 Å². The van der Waals surface area contributed by atoms with Gasteiger partial charge in [-0.05, 0) is 80.0 Å². The molecular formula is C28H37NO2. The summed E-state index contributed by atoms with van der Waals surface area (Å²) in [4.78, 5) is 2.63. The molecule has 1 saturated heterocycles. The van der Waals surface area contributed by atoms with Gasteiger partial charge in [0.1, 0.15) is 17.6 Å². The molecule has 5 aliphatic rings. The van der Waals surface area contributed by atoms with E-state index in [9.17, 15) is 0 Å². The molecule has 0 saturated carbocycles. The van der Waals surface area contributed by atoms with Crippen LogP contribution in [0.4, 0.5) is 0 Å². The average molecular weight is 420 g/mol. The van der Waals surface area contributed by atoms with E-state index in [1.807, 2.05) is 0 Å². The average Bonchev–Trinajstić information content (AvgIpc) is 2.77. The Kier molecular flexibility index (Phi) is 5.97. The Morgan fingerprint density at radius 3 is 2.81 bits per heavy atom. The SMILES string of the molecule is CCCC1(C)CCN(CCCOC2=CC3=CC4=C3C(C2)OC(C2C=CC=CC2)=C4)CC1. The Morgan fingerprint density at radius 1 is 1.16 bits per heavy atom. The number of piperidine rings is 1. The Bertz CT molecular complexity index is 877. The summed E-state index contributed by atoms with van der Waals surface area (Å²) < 4.78 is 12.7. The van der Waals surface area contributed by atoms with Gasteiger partial charge in [0.15, 0.2) is 0 Å². The van der Waals surface area contributed by atoms with Gasteiger partial charge >= 0.3 is 0 Å². The predicted octanol–water partition coefficient (Wildman–Crippen LogP) is 6.23. The highest BCUT2D eigenvalue weighted by Crippen LogP contribution is 2.45. The molecule has 3 nitrogen and oxygen atoms in total. The first-order chi connectivity index (χ1) is 15.1. The van der Waals surface area contributed by atoms with Crippen LogP contribution in [0, 0.1) is 11.3 Å². The summed E-state index contributed by atoms with van der Waals surface area (Å²) in [7, 11) is 0. The standard InChI is InChI=1S/C28H37NO2/c1-3-10-28(2)11-14-29(15-12-28)13-7-16-30-24-18-22-17-23-19-25(21-8-5-4-6-9-21)31-26(20-24)27(22)23/h4-6,8,17-19,21,26H,3,7,9-16,20H2,1-2H3. The molecular weight excluding hydrogens is 382 g/mol. The van der Waals surface area contributed by atoms with Crippen molar-refractivity contribution < 1.29 is 9.47 Å². The number of likely N-dealkylation sites (tertiary alicyclic amines) is 1. The smallest absolute Gasteiger partial charge is 0.131 e. The van der Waals surface area contributed by atoms with Gasteiger partial charge < -0.3 is 14.4 Å². The summed E-state index contributed by atoms with van der Waals surface area (Å²) in [6.07, 6.45) is 24.0. The van der Waals surface area contributed by atoms with Crippen LogP contribution < -0.4 is 0 Å². The molecule has 0 spiro atoms. The third-order valence-corrected chi connectivity index (χ3v) is 7.70. The van der Waals surface area contributed by atoms with E-state index in [1.165, 1.54) is 55.5 Å². The van der Waals surface area contributed by atoms with Gasteiger partial charge in [0.25, 0.3) is 0 Å². The Hall–Kier alpha value is -2.00. The van der Waals surface area contributed by atoms with E-state index in [-0.39, 0.29) is 6.10 Å². The van der Waals surface area contributed by atoms with Crippen LogP contribution in [-0.4, -0.2) is 37.2 Å². The molecule has 0 radical (unpaired) electrons. The topological polar surface area (TPSA) is 21.7 Å². The molecule has 0 amide bonds. The number of rotatable bonds is 8. The molecule has 2 aliphatic heterocycles. The fourth-order valence-electron chi connectivity index (χ4n) is 5.74. The molecule has 31 heavy (non-hydrogen) atoms. The van der Waals surface area contributed by atoms with Crippen LogP contribution in [0.1, 0.15) is 58.8 Å². The fraction of sp³-hybridized carbons (Fsp3) is 0.571. The van der Waals surface area contributed by atoms with E-state index >= 15 is 0 Å². The van der Waals surface area contributed by atoms with Gasteiger partial charge in [-0.1, -0.05) is 44.6 Å². The van der Waals surface area contributed by atoms with E-state index in [1.54, 1.807) is 0 Å². The summed E-state index contributed by atoms with van der Waals surface area (Å²) >= 11 is 0. The second-order valence-electron chi connectivity index (χ2n) is 10.2. The number of allylic oxidation sites excluding steroid dienone is 8. The van der Waals surface area contributed by atoms with Gasteiger partial charge in [-0.2, -0.15) is 0 Å². The summed E-state index contributed by atoms with van der Waals surface area (Å²) in [5.74, 6) is 2.57. The molecule has 2 atom stereocenters. The lowest BCUT2D eigenvalue weighted by Gasteiger charge is -2.40. The third kappa shape index (κ3) is 4.48. The maximum absolute atomic E-state index is 6.45. The first-order valence-electron chi connectivity index (χ1n) is 12.4. The summed E-state index contributed by atoms with van der Waals surface area (Å²) in [6, 6.07) is 0. The zero-order valence-corrected chi connectivity index (χ0v) is 19.2. The molecule has 0 aromatic carbocycles. The van der Waals surface area contributed by atoms with Gasteiger partial charge in [0.2, 0.25) is 0 Å². The van der Waals surface area contributed by atoms with Crippen LogP contribution in [0.3, 0.4) is 0 Å². The van der Waals surface area contributed by atoms with Crippen molar-refractivity contribution in [2.75, 3.05) is 26.2 Å². The van der Waals surface area contributed by atoms with Crippen LogP contribution in [0.15, 0.2) is 70.8 Å². The number of nitrogens with zero attached hydrogens (tertiary/aromatic N) is 1. The van der Waals surface area contributed by atoms with Crippen molar-refractivity contribution in [1.82, 2.24) is 4.90 Å². The highest BCUT2D eigenvalue weighted by Gasteiger charge is 2.37. The Morgan fingerprint density at radius 2 is 2.03 bits per heavy atom. The van der Waals surface area contributed by atoms with E-state index in [0.717, 1.165) is 43.9 Å². The minimum Gasteiger partial charge on any atom is -0.498 e. The van der Waals surface area contributed by atoms with Crippen molar-refractivity contribution in [3.05, 3.63) is 70.8 Å². The van der Waals surface area contributed by atoms with Crippen LogP contribution in [0.5, 0.6) is 0 Å². The van der Waals surface area contributed by atoms with Crippen molar-refractivity contribution in [3.8, 4) is 0 Å². The number of hydrogen-bond acceptors (Lipinski definition) is 3. The van der Waals surface area contributed by atoms with Crippen LogP contribution in [-0.2, 0) is 9.47 Å². The molecule has 3 aliphatic carbocycles. The maximum atomic E-state index is 6.45. The highest BCUT2D eigenvalue weighted by molar-refractivity contribution is 5.67. The number of hydrogen-bond donors (Lipinski definition) is 0. The minimum absolute atomic E-state index is 0.132. The Labute approximate surface area is 187 Å². The molecule has 1 fully saturated rings. The highest BCUT2D eigenvalue weighted by atomic mass is 16.5. The zero-order valence-electron chi connectivity index (χ0n) is 19.2. The second kappa shape index (κ2) is 8.86. The second-order valence-corrected chi connectivity index (χ2v) is 10.2. The summed E-state index contributed by atoms with van der Waals surface area (Å²) in [5.41, 5.74) is 4.63. The molecule has 166 valence electrons. The van der Waals surface area contributed by atoms with Gasteiger partial charge in [-0.15, -0.1) is 0 Å². The molecule has 0 bridgehead atoms. The maximum Gasteiger partial charge on any atom is 0.131 e. The largest absolute Gasteiger partial charge is 0.498 e. The molecule has 0 aromatic rings. The normalized spacial score (nSPS) is 28.8. The van der Waals surface area contributed by atoms with Gasteiger partial charge in [-0.25, -0.2) is 0 Å². The van der Waals surface area contributed by atoms with Crippen molar-refractivity contribution >= 4 is 0 Å². The predicted molar refractivity (Wildman–Crippen MR) is 126 cm³/mol. The van der Waals surface area contributed by atoms with E-state index in [2.05, 4.69) is 61.3 Å². The van der Waals surface area contributed by atoms with Crippen LogP contribution >= 0.6 is 0 Å². The number of ether oxygens (including phenoxy) is 2. The third-order valence-electron chi connectivity index (χ3n) is 7.70. The molecule has 2 unspecified atom stereocenters. The molecule has 0 aromatic heterocycles. The van der Waals surface area contributed by atoms with Crippen molar-refractivity contribution in [2.45, 2.75) is 64.9 Å². The first kappa shape index (κ1) is 20.9. The quantitative estimate of drug-likeness (QED) is 0.435. The lowest BCUT2D eigenvalue weighted by Crippen LogP contribution is -2.39. The molecule has 5 rings (SSSR count). The van der Waals surface area contributed by atoms with Gasteiger partial charge in [0.05, 0.1) is 6.61 Å². The van der Waals surface area contributed by atoms with Crippen LogP contribution in [0.25, 0.3) is 0 Å². The minimum atomic E-state index is 0.132. The summed E-state index contributed by atoms with van der Waals surface area (Å²) in [6.45, 7) is 9.25. The van der Waals surface area contributed by atoms with E-state index in [0.29, 0.717) is 11.3 Å². The summed E-state index contributed by atoms with van der Waals surface area (Å²) in [5, 5.41) is 0. The fourth-order valence-corrected chi connectivity index (χ4v) is 5.74.